The monoisotopic (exact) mass is 357 g/mol. The highest BCUT2D eigenvalue weighted by atomic mass is 127. The number of aromatic nitrogens is 1. The Morgan fingerprint density at radius 3 is 2.26 bits per heavy atom. The van der Waals surface area contributed by atoms with Crippen LogP contribution in [0.1, 0.15) is 0 Å². The van der Waals surface area contributed by atoms with Crippen LogP contribution in [0.2, 0.25) is 0 Å². The van der Waals surface area contributed by atoms with Gasteiger partial charge in [-0.25, -0.2) is 0 Å². The molecule has 1 heterocycles. The Kier molecular flexibility index (Phi) is 3.60. The zero-order valence-electron chi connectivity index (χ0n) is 10.3. The molecule has 1 aromatic heterocycles. The molecule has 0 saturated carbocycles. The van der Waals surface area contributed by atoms with Crippen molar-refractivity contribution in [3.05, 3.63) is 76.5 Å². The number of nitrogens with zero attached hydrogens (tertiary/aromatic N) is 1. The molecule has 0 aliphatic rings. The molecule has 19 heavy (non-hydrogen) atoms. The Morgan fingerprint density at radius 1 is 0.684 bits per heavy atom. The molecule has 1 nitrogen and oxygen atoms in total. The Morgan fingerprint density at radius 2 is 1.47 bits per heavy atom. The molecular weight excluding hydrogens is 345 g/mol. The lowest BCUT2D eigenvalue weighted by atomic mass is 10.0. The van der Waals surface area contributed by atoms with Gasteiger partial charge in [-0.05, 0) is 58.0 Å². The van der Waals surface area contributed by atoms with Gasteiger partial charge in [0.1, 0.15) is 0 Å². The maximum atomic E-state index is 4.47. The van der Waals surface area contributed by atoms with Gasteiger partial charge in [0, 0.05) is 15.3 Å². The first kappa shape index (κ1) is 12.4. The average Bonchev–Trinajstić information content (AvgIpc) is 2.48. The molecule has 0 N–H and O–H groups in total. The third kappa shape index (κ3) is 2.84. The SMILES string of the molecule is Ic1cccc(-c2cc(-c3ccccc3)ccn2)c1. The molecule has 92 valence electrons. The third-order valence-electron chi connectivity index (χ3n) is 2.99. The predicted molar refractivity (Wildman–Crippen MR) is 87.8 cm³/mol. The fourth-order valence-electron chi connectivity index (χ4n) is 2.05. The molecule has 0 spiro atoms. The van der Waals surface area contributed by atoms with E-state index in [1.165, 1.54) is 14.7 Å². The van der Waals surface area contributed by atoms with Crippen LogP contribution in [-0.4, -0.2) is 4.98 Å². The predicted octanol–water partition coefficient (Wildman–Crippen LogP) is 5.02. The normalized spacial score (nSPS) is 10.4. The van der Waals surface area contributed by atoms with Crippen molar-refractivity contribution in [3.63, 3.8) is 0 Å². The second kappa shape index (κ2) is 5.53. The summed E-state index contributed by atoms with van der Waals surface area (Å²) in [6, 6.07) is 23.0. The van der Waals surface area contributed by atoms with E-state index in [9.17, 15) is 0 Å². The maximum absolute atomic E-state index is 4.47. The van der Waals surface area contributed by atoms with Crippen LogP contribution in [0.15, 0.2) is 72.9 Å². The first-order chi connectivity index (χ1) is 9.33. The zero-order chi connectivity index (χ0) is 13.1. The molecule has 2 aromatic carbocycles. The lowest BCUT2D eigenvalue weighted by molar-refractivity contribution is 1.32. The van der Waals surface area contributed by atoms with Crippen LogP contribution in [0.25, 0.3) is 22.4 Å². The second-order valence-corrected chi connectivity index (χ2v) is 5.55. The van der Waals surface area contributed by atoms with E-state index in [0.29, 0.717) is 0 Å². The summed E-state index contributed by atoms with van der Waals surface area (Å²) in [7, 11) is 0. The quantitative estimate of drug-likeness (QED) is 0.587. The van der Waals surface area contributed by atoms with E-state index >= 15 is 0 Å². The van der Waals surface area contributed by atoms with Crippen molar-refractivity contribution < 1.29 is 0 Å². The van der Waals surface area contributed by atoms with Crippen molar-refractivity contribution in [2.24, 2.45) is 0 Å². The van der Waals surface area contributed by atoms with Crippen molar-refractivity contribution in [2.45, 2.75) is 0 Å². The van der Waals surface area contributed by atoms with Crippen molar-refractivity contribution in [1.82, 2.24) is 4.98 Å². The highest BCUT2D eigenvalue weighted by molar-refractivity contribution is 14.1. The number of benzene rings is 2. The first-order valence-electron chi connectivity index (χ1n) is 6.10. The zero-order valence-corrected chi connectivity index (χ0v) is 12.4. The first-order valence-corrected chi connectivity index (χ1v) is 7.18. The molecule has 3 rings (SSSR count). The van der Waals surface area contributed by atoms with Crippen LogP contribution in [0.4, 0.5) is 0 Å². The second-order valence-electron chi connectivity index (χ2n) is 4.31. The van der Waals surface area contributed by atoms with Gasteiger partial charge in [0.05, 0.1) is 5.69 Å². The molecule has 0 aliphatic heterocycles. The molecule has 0 fully saturated rings. The molecule has 0 amide bonds. The largest absolute Gasteiger partial charge is 0.256 e. The average molecular weight is 357 g/mol. The fraction of sp³-hybridized carbons (Fsp3) is 0. The van der Waals surface area contributed by atoms with Crippen molar-refractivity contribution in [3.8, 4) is 22.4 Å². The Hall–Kier alpha value is -1.68. The van der Waals surface area contributed by atoms with Crippen molar-refractivity contribution in [2.75, 3.05) is 0 Å². The van der Waals surface area contributed by atoms with Crippen molar-refractivity contribution in [1.29, 1.82) is 0 Å². The number of hydrogen-bond donors (Lipinski definition) is 0. The van der Waals surface area contributed by atoms with E-state index < -0.39 is 0 Å². The summed E-state index contributed by atoms with van der Waals surface area (Å²) in [6.45, 7) is 0. The highest BCUT2D eigenvalue weighted by Gasteiger charge is 2.02. The fourth-order valence-corrected chi connectivity index (χ4v) is 2.59. The van der Waals surface area contributed by atoms with E-state index in [4.69, 9.17) is 0 Å². The topological polar surface area (TPSA) is 12.9 Å². The van der Waals surface area contributed by atoms with Gasteiger partial charge >= 0.3 is 0 Å². The molecular formula is C17H12IN. The van der Waals surface area contributed by atoms with Gasteiger partial charge in [0.15, 0.2) is 0 Å². The Labute approximate surface area is 126 Å². The van der Waals surface area contributed by atoms with E-state index in [1.807, 2.05) is 18.3 Å². The number of halogens is 1. The minimum Gasteiger partial charge on any atom is -0.256 e. The number of rotatable bonds is 2. The van der Waals surface area contributed by atoms with E-state index in [0.717, 1.165) is 11.3 Å². The Bertz CT molecular complexity index is 692. The van der Waals surface area contributed by atoms with E-state index in [-0.39, 0.29) is 0 Å². The minimum absolute atomic E-state index is 1.01. The Balaban J connectivity index is 2.06. The van der Waals surface area contributed by atoms with Crippen LogP contribution in [0.5, 0.6) is 0 Å². The summed E-state index contributed by atoms with van der Waals surface area (Å²) in [5, 5.41) is 0. The summed E-state index contributed by atoms with van der Waals surface area (Å²) >= 11 is 2.32. The van der Waals surface area contributed by atoms with Gasteiger partial charge in [-0.3, -0.25) is 4.98 Å². The van der Waals surface area contributed by atoms with Gasteiger partial charge < -0.3 is 0 Å². The standard InChI is InChI=1S/C17H12IN/c18-16-8-4-7-15(11-16)17-12-14(9-10-19-17)13-5-2-1-3-6-13/h1-12H. The molecule has 0 aliphatic carbocycles. The van der Waals surface area contributed by atoms with Crippen LogP contribution < -0.4 is 0 Å². The molecule has 0 bridgehead atoms. The summed E-state index contributed by atoms with van der Waals surface area (Å²) in [6.07, 6.45) is 1.87. The van der Waals surface area contributed by atoms with Crippen LogP contribution in [-0.2, 0) is 0 Å². The summed E-state index contributed by atoms with van der Waals surface area (Å²) in [5.41, 5.74) is 4.59. The molecule has 3 aromatic rings. The molecule has 2 heteroatoms. The smallest absolute Gasteiger partial charge is 0.0708 e. The third-order valence-corrected chi connectivity index (χ3v) is 3.66. The highest BCUT2D eigenvalue weighted by Crippen LogP contribution is 2.25. The minimum atomic E-state index is 1.01. The summed E-state index contributed by atoms with van der Waals surface area (Å²) in [4.78, 5) is 4.47. The maximum Gasteiger partial charge on any atom is 0.0708 e. The van der Waals surface area contributed by atoms with Gasteiger partial charge in [0.25, 0.3) is 0 Å². The summed E-state index contributed by atoms with van der Waals surface area (Å²) < 4.78 is 1.22. The molecule has 0 atom stereocenters. The molecule has 0 saturated heterocycles. The molecule has 0 radical (unpaired) electrons. The van der Waals surface area contributed by atoms with E-state index in [1.54, 1.807) is 0 Å². The van der Waals surface area contributed by atoms with Gasteiger partial charge in [-0.2, -0.15) is 0 Å². The van der Waals surface area contributed by atoms with Gasteiger partial charge in [-0.1, -0.05) is 42.5 Å². The van der Waals surface area contributed by atoms with Gasteiger partial charge in [0.2, 0.25) is 0 Å². The lowest BCUT2D eigenvalue weighted by Gasteiger charge is -2.05. The van der Waals surface area contributed by atoms with Crippen LogP contribution >= 0.6 is 22.6 Å². The van der Waals surface area contributed by atoms with Gasteiger partial charge in [-0.15, -0.1) is 0 Å². The summed E-state index contributed by atoms with van der Waals surface area (Å²) in [5.74, 6) is 0. The molecule has 0 unspecified atom stereocenters. The van der Waals surface area contributed by atoms with Crippen LogP contribution in [0, 0.1) is 3.57 Å². The number of pyridine rings is 1. The van der Waals surface area contributed by atoms with Crippen LogP contribution in [0.3, 0.4) is 0 Å². The number of hydrogen-bond acceptors (Lipinski definition) is 1. The van der Waals surface area contributed by atoms with E-state index in [2.05, 4.69) is 82.2 Å². The van der Waals surface area contributed by atoms with Crippen molar-refractivity contribution >= 4 is 22.6 Å². The lowest BCUT2D eigenvalue weighted by Crippen LogP contribution is -1.85.